The van der Waals surface area contributed by atoms with Crippen LogP contribution in [0.15, 0.2) is 29.3 Å². The molecule has 1 aromatic rings. The lowest BCUT2D eigenvalue weighted by Crippen LogP contribution is -2.13. The Kier molecular flexibility index (Phi) is 5.97. The molecule has 0 unspecified atom stereocenters. The summed E-state index contributed by atoms with van der Waals surface area (Å²) in [6, 6.07) is 7.45. The number of nitrogens with one attached hydrogen (secondary N) is 1. The van der Waals surface area contributed by atoms with Gasteiger partial charge in [0.15, 0.2) is 11.4 Å². The molecule has 1 aromatic carbocycles. The molecule has 0 amide bonds. The number of amidine groups is 1. The number of nitriles is 1. The summed E-state index contributed by atoms with van der Waals surface area (Å²) in [5, 5.41) is 11.7. The summed E-state index contributed by atoms with van der Waals surface area (Å²) < 4.78 is 5.34. The SMILES string of the molecule is CCOc1ccc(N=C(NC#N)SCC)cc1. The van der Waals surface area contributed by atoms with Crippen LogP contribution in [-0.2, 0) is 0 Å². The second kappa shape index (κ2) is 7.58. The predicted octanol–water partition coefficient (Wildman–Crippen LogP) is 2.90. The number of hydrogen-bond donors (Lipinski definition) is 1. The van der Waals surface area contributed by atoms with Crippen molar-refractivity contribution in [3.63, 3.8) is 0 Å². The fourth-order valence-corrected chi connectivity index (χ4v) is 1.74. The first-order valence-corrected chi connectivity index (χ1v) is 6.38. The minimum absolute atomic E-state index is 0.610. The molecule has 0 saturated heterocycles. The molecule has 17 heavy (non-hydrogen) atoms. The van der Waals surface area contributed by atoms with Gasteiger partial charge in [0, 0.05) is 0 Å². The third-order valence-corrected chi connectivity index (χ3v) is 2.58. The monoisotopic (exact) mass is 249 g/mol. The second-order valence-corrected chi connectivity index (χ2v) is 4.27. The highest BCUT2D eigenvalue weighted by Crippen LogP contribution is 2.19. The zero-order valence-electron chi connectivity index (χ0n) is 9.93. The average molecular weight is 249 g/mol. The van der Waals surface area contributed by atoms with Gasteiger partial charge in [-0.25, -0.2) is 4.99 Å². The van der Waals surface area contributed by atoms with E-state index in [4.69, 9.17) is 10.00 Å². The van der Waals surface area contributed by atoms with E-state index in [9.17, 15) is 0 Å². The highest BCUT2D eigenvalue weighted by atomic mass is 32.2. The minimum atomic E-state index is 0.610. The smallest absolute Gasteiger partial charge is 0.183 e. The van der Waals surface area contributed by atoms with E-state index in [0.29, 0.717) is 11.8 Å². The van der Waals surface area contributed by atoms with Crippen LogP contribution in [0, 0.1) is 11.5 Å². The Morgan fingerprint density at radius 2 is 2.12 bits per heavy atom. The zero-order chi connectivity index (χ0) is 12.5. The summed E-state index contributed by atoms with van der Waals surface area (Å²) >= 11 is 1.50. The minimum Gasteiger partial charge on any atom is -0.494 e. The van der Waals surface area contributed by atoms with Crippen molar-refractivity contribution in [3.8, 4) is 11.9 Å². The van der Waals surface area contributed by atoms with Crippen LogP contribution in [0.3, 0.4) is 0 Å². The number of rotatable bonds is 4. The largest absolute Gasteiger partial charge is 0.494 e. The number of hydrogen-bond acceptors (Lipinski definition) is 4. The molecule has 0 heterocycles. The number of aliphatic imine (C=N–C) groups is 1. The quantitative estimate of drug-likeness (QED) is 0.386. The molecule has 0 aliphatic heterocycles. The zero-order valence-corrected chi connectivity index (χ0v) is 10.8. The van der Waals surface area contributed by atoms with Crippen molar-refractivity contribution in [3.05, 3.63) is 24.3 Å². The predicted molar refractivity (Wildman–Crippen MR) is 71.6 cm³/mol. The highest BCUT2D eigenvalue weighted by molar-refractivity contribution is 8.13. The summed E-state index contributed by atoms with van der Waals surface area (Å²) in [6.45, 7) is 4.60. The maximum atomic E-state index is 8.58. The maximum Gasteiger partial charge on any atom is 0.183 e. The van der Waals surface area contributed by atoms with Crippen molar-refractivity contribution in [2.24, 2.45) is 4.99 Å². The molecule has 0 saturated carbocycles. The summed E-state index contributed by atoms with van der Waals surface area (Å²) in [4.78, 5) is 4.33. The lowest BCUT2D eigenvalue weighted by Gasteiger charge is -2.04. The van der Waals surface area contributed by atoms with Gasteiger partial charge in [0.05, 0.1) is 12.3 Å². The molecule has 1 N–H and O–H groups in total. The second-order valence-electron chi connectivity index (χ2n) is 3.01. The molecular formula is C12H15N3OS. The number of benzene rings is 1. The third kappa shape index (κ3) is 4.79. The van der Waals surface area contributed by atoms with Gasteiger partial charge in [0.25, 0.3) is 0 Å². The Labute approximate surface area is 106 Å². The Hall–Kier alpha value is -1.67. The number of ether oxygens (including phenoxy) is 1. The van der Waals surface area contributed by atoms with Gasteiger partial charge < -0.3 is 4.74 Å². The van der Waals surface area contributed by atoms with Crippen molar-refractivity contribution in [2.45, 2.75) is 13.8 Å². The fourth-order valence-electron chi connectivity index (χ4n) is 1.18. The summed E-state index contributed by atoms with van der Waals surface area (Å²) in [6.07, 6.45) is 1.88. The van der Waals surface area contributed by atoms with Crippen molar-refractivity contribution in [2.75, 3.05) is 12.4 Å². The standard InChI is InChI=1S/C12H15N3OS/c1-3-16-11-7-5-10(6-8-11)15-12(14-9-13)17-4-2/h5-8H,3-4H2,1-2H3,(H,14,15). The van der Waals surface area contributed by atoms with Crippen LogP contribution in [0.1, 0.15) is 13.8 Å². The Balaban J connectivity index is 2.77. The fraction of sp³-hybridized carbons (Fsp3) is 0.333. The van der Waals surface area contributed by atoms with Crippen LogP contribution < -0.4 is 10.1 Å². The molecule has 0 aliphatic carbocycles. The van der Waals surface area contributed by atoms with Crippen LogP contribution in [-0.4, -0.2) is 17.5 Å². The molecule has 0 radical (unpaired) electrons. The summed E-state index contributed by atoms with van der Waals surface area (Å²) in [5.74, 6) is 1.69. The van der Waals surface area contributed by atoms with Crippen molar-refractivity contribution >= 4 is 22.6 Å². The molecule has 0 fully saturated rings. The van der Waals surface area contributed by atoms with E-state index in [1.807, 2.05) is 44.3 Å². The van der Waals surface area contributed by atoms with Gasteiger partial charge in [-0.05, 0) is 36.9 Å². The van der Waals surface area contributed by atoms with E-state index in [0.717, 1.165) is 17.2 Å². The molecule has 1 rings (SSSR count). The van der Waals surface area contributed by atoms with E-state index >= 15 is 0 Å². The molecule has 5 heteroatoms. The van der Waals surface area contributed by atoms with Gasteiger partial charge >= 0.3 is 0 Å². The van der Waals surface area contributed by atoms with Gasteiger partial charge in [-0.15, -0.1) is 0 Å². The summed E-state index contributed by atoms with van der Waals surface area (Å²) in [5.41, 5.74) is 0.798. The first-order chi connectivity index (χ1) is 8.30. The van der Waals surface area contributed by atoms with E-state index in [-0.39, 0.29) is 0 Å². The van der Waals surface area contributed by atoms with E-state index < -0.39 is 0 Å². The normalized spacial score (nSPS) is 10.8. The third-order valence-electron chi connectivity index (χ3n) is 1.82. The number of nitrogens with zero attached hydrogens (tertiary/aromatic N) is 2. The molecule has 0 atom stereocenters. The van der Waals surface area contributed by atoms with Crippen LogP contribution in [0.2, 0.25) is 0 Å². The Morgan fingerprint density at radius 3 is 2.65 bits per heavy atom. The molecule has 0 spiro atoms. The van der Waals surface area contributed by atoms with Gasteiger partial charge in [0.2, 0.25) is 0 Å². The Bertz CT molecular complexity index is 409. The van der Waals surface area contributed by atoms with Gasteiger partial charge in [-0.1, -0.05) is 18.7 Å². The molecule has 0 aliphatic rings. The molecular weight excluding hydrogens is 234 g/mol. The summed E-state index contributed by atoms with van der Waals surface area (Å²) in [7, 11) is 0. The Morgan fingerprint density at radius 1 is 1.41 bits per heavy atom. The van der Waals surface area contributed by atoms with Crippen LogP contribution in [0.4, 0.5) is 5.69 Å². The molecule has 0 bridgehead atoms. The number of thioether (sulfide) groups is 1. The van der Waals surface area contributed by atoms with E-state index in [1.165, 1.54) is 11.8 Å². The van der Waals surface area contributed by atoms with Crippen molar-refractivity contribution in [1.82, 2.24) is 5.32 Å². The topological polar surface area (TPSA) is 57.4 Å². The van der Waals surface area contributed by atoms with Crippen molar-refractivity contribution < 1.29 is 4.74 Å². The van der Waals surface area contributed by atoms with Crippen LogP contribution >= 0.6 is 11.8 Å². The molecule has 4 nitrogen and oxygen atoms in total. The van der Waals surface area contributed by atoms with Gasteiger partial charge in [-0.3, -0.25) is 5.32 Å². The molecule has 0 aromatic heterocycles. The highest BCUT2D eigenvalue weighted by Gasteiger charge is 1.98. The average Bonchev–Trinajstić information content (AvgIpc) is 2.33. The van der Waals surface area contributed by atoms with E-state index in [1.54, 1.807) is 0 Å². The lowest BCUT2D eigenvalue weighted by atomic mass is 10.3. The maximum absolute atomic E-state index is 8.58. The van der Waals surface area contributed by atoms with Crippen molar-refractivity contribution in [1.29, 1.82) is 5.26 Å². The lowest BCUT2D eigenvalue weighted by molar-refractivity contribution is 0.340. The van der Waals surface area contributed by atoms with Crippen LogP contribution in [0.5, 0.6) is 5.75 Å². The van der Waals surface area contributed by atoms with Gasteiger partial charge in [-0.2, -0.15) is 5.26 Å². The first kappa shape index (κ1) is 13.4. The molecule has 90 valence electrons. The van der Waals surface area contributed by atoms with Crippen LogP contribution in [0.25, 0.3) is 0 Å². The first-order valence-electron chi connectivity index (χ1n) is 5.39. The van der Waals surface area contributed by atoms with E-state index in [2.05, 4.69) is 10.3 Å². The van der Waals surface area contributed by atoms with Gasteiger partial charge in [0.1, 0.15) is 5.75 Å².